The van der Waals surface area contributed by atoms with Crippen LogP contribution in [0.15, 0.2) is 24.3 Å². The van der Waals surface area contributed by atoms with Gasteiger partial charge in [0.1, 0.15) is 0 Å². The van der Waals surface area contributed by atoms with Crippen molar-refractivity contribution < 1.29 is 4.79 Å². The first kappa shape index (κ1) is 14.4. The topological polar surface area (TPSA) is 29.1 Å². The van der Waals surface area contributed by atoms with Crippen molar-refractivity contribution in [3.8, 4) is 0 Å². The molecule has 1 N–H and O–H groups in total. The summed E-state index contributed by atoms with van der Waals surface area (Å²) in [5.41, 5.74) is 1.18. The van der Waals surface area contributed by atoms with Crippen molar-refractivity contribution in [2.45, 2.75) is 57.4 Å². The van der Waals surface area contributed by atoms with E-state index in [0.29, 0.717) is 6.42 Å². The van der Waals surface area contributed by atoms with Crippen LogP contribution in [0.25, 0.3) is 0 Å². The van der Waals surface area contributed by atoms with Crippen molar-refractivity contribution in [2.75, 3.05) is 0 Å². The molecule has 1 aliphatic carbocycles. The summed E-state index contributed by atoms with van der Waals surface area (Å²) in [5.74, 6) is 0.166. The maximum atomic E-state index is 12.0. The van der Waals surface area contributed by atoms with Crippen molar-refractivity contribution in [3.63, 3.8) is 0 Å². The second-order valence-electron chi connectivity index (χ2n) is 5.80. The number of carbonyl (C=O) groups excluding carboxylic acids is 1. The molecule has 0 unspecified atom stereocenters. The highest BCUT2D eigenvalue weighted by atomic mass is 35.5. The average Bonchev–Trinajstić information content (AvgIpc) is 2.38. The van der Waals surface area contributed by atoms with Gasteiger partial charge in [0.25, 0.3) is 0 Å². The molecule has 0 atom stereocenters. The van der Waals surface area contributed by atoms with Gasteiger partial charge in [-0.1, -0.05) is 43.0 Å². The normalized spacial score (nSPS) is 18.0. The summed E-state index contributed by atoms with van der Waals surface area (Å²) < 4.78 is 0. The Labute approximate surface area is 120 Å². The fourth-order valence-corrected chi connectivity index (χ4v) is 2.89. The molecular formula is C16H22ClNO. The number of hydrogen-bond acceptors (Lipinski definition) is 1. The van der Waals surface area contributed by atoms with E-state index >= 15 is 0 Å². The van der Waals surface area contributed by atoms with Gasteiger partial charge in [0.05, 0.1) is 0 Å². The van der Waals surface area contributed by atoms with Gasteiger partial charge in [0, 0.05) is 17.0 Å². The molecule has 0 heterocycles. The molecular weight excluding hydrogens is 258 g/mol. The van der Waals surface area contributed by atoms with Crippen LogP contribution >= 0.6 is 11.6 Å². The van der Waals surface area contributed by atoms with Gasteiger partial charge < -0.3 is 5.32 Å². The Bertz CT molecular complexity index is 421. The summed E-state index contributed by atoms with van der Waals surface area (Å²) in [6, 6.07) is 7.71. The van der Waals surface area contributed by atoms with Crippen LogP contribution in [-0.4, -0.2) is 11.4 Å². The zero-order chi connectivity index (χ0) is 13.7. The number of amides is 1. The molecule has 2 nitrogen and oxygen atoms in total. The maximum Gasteiger partial charge on any atom is 0.220 e. The Morgan fingerprint density at radius 3 is 2.47 bits per heavy atom. The first-order valence-corrected chi connectivity index (χ1v) is 7.51. The molecule has 1 saturated carbocycles. The highest BCUT2D eigenvalue weighted by Crippen LogP contribution is 2.27. The molecule has 0 aliphatic heterocycles. The SMILES string of the molecule is CC1(NC(=O)CCc2ccc(Cl)cc2)CCCCC1. The van der Waals surface area contributed by atoms with Crippen molar-refractivity contribution in [3.05, 3.63) is 34.9 Å². The molecule has 1 aromatic rings. The Morgan fingerprint density at radius 1 is 1.21 bits per heavy atom. The molecule has 104 valence electrons. The molecule has 0 spiro atoms. The van der Waals surface area contributed by atoms with Crippen LogP contribution in [0.1, 0.15) is 51.0 Å². The Hall–Kier alpha value is -1.02. The molecule has 1 aromatic carbocycles. The van der Waals surface area contributed by atoms with Crippen molar-refractivity contribution >= 4 is 17.5 Å². The average molecular weight is 280 g/mol. The Balaban J connectivity index is 1.79. The smallest absolute Gasteiger partial charge is 0.220 e. The first-order valence-electron chi connectivity index (χ1n) is 7.13. The van der Waals surface area contributed by atoms with E-state index in [2.05, 4.69) is 12.2 Å². The van der Waals surface area contributed by atoms with E-state index in [0.717, 1.165) is 29.8 Å². The molecule has 0 radical (unpaired) electrons. The number of rotatable bonds is 4. The predicted molar refractivity (Wildman–Crippen MR) is 79.4 cm³/mol. The summed E-state index contributed by atoms with van der Waals surface area (Å²) in [6.07, 6.45) is 7.31. The molecule has 1 aliphatic rings. The quantitative estimate of drug-likeness (QED) is 0.883. The van der Waals surface area contributed by atoms with Crippen LogP contribution < -0.4 is 5.32 Å². The highest BCUT2D eigenvalue weighted by molar-refractivity contribution is 6.30. The number of aryl methyl sites for hydroxylation is 1. The first-order chi connectivity index (χ1) is 9.07. The minimum atomic E-state index is 0.0231. The minimum absolute atomic E-state index is 0.0231. The summed E-state index contributed by atoms with van der Waals surface area (Å²) in [6.45, 7) is 2.17. The van der Waals surface area contributed by atoms with Crippen LogP contribution in [0.3, 0.4) is 0 Å². The Morgan fingerprint density at radius 2 is 1.84 bits per heavy atom. The highest BCUT2D eigenvalue weighted by Gasteiger charge is 2.27. The van der Waals surface area contributed by atoms with Crippen LogP contribution in [0.2, 0.25) is 5.02 Å². The van der Waals surface area contributed by atoms with Crippen molar-refractivity contribution in [1.82, 2.24) is 5.32 Å². The van der Waals surface area contributed by atoms with Crippen molar-refractivity contribution in [1.29, 1.82) is 0 Å². The van der Waals surface area contributed by atoms with E-state index in [9.17, 15) is 4.79 Å². The van der Waals surface area contributed by atoms with E-state index in [1.165, 1.54) is 19.3 Å². The molecule has 1 amide bonds. The number of hydrogen-bond donors (Lipinski definition) is 1. The monoisotopic (exact) mass is 279 g/mol. The lowest BCUT2D eigenvalue weighted by Gasteiger charge is -2.34. The van der Waals surface area contributed by atoms with E-state index in [-0.39, 0.29) is 11.4 Å². The summed E-state index contributed by atoms with van der Waals surface area (Å²) in [5, 5.41) is 3.95. The van der Waals surface area contributed by atoms with Crippen LogP contribution in [-0.2, 0) is 11.2 Å². The second kappa shape index (κ2) is 6.42. The third-order valence-corrected chi connectivity index (χ3v) is 4.20. The summed E-state index contributed by atoms with van der Waals surface area (Å²) >= 11 is 5.84. The second-order valence-corrected chi connectivity index (χ2v) is 6.23. The van der Waals surface area contributed by atoms with Crippen LogP contribution in [0.5, 0.6) is 0 Å². The van der Waals surface area contributed by atoms with Gasteiger partial charge >= 0.3 is 0 Å². The third-order valence-electron chi connectivity index (χ3n) is 3.95. The lowest BCUT2D eigenvalue weighted by Crippen LogP contribution is -2.47. The fourth-order valence-electron chi connectivity index (χ4n) is 2.77. The van der Waals surface area contributed by atoms with E-state index in [4.69, 9.17) is 11.6 Å². The number of carbonyl (C=O) groups is 1. The maximum absolute atomic E-state index is 12.0. The lowest BCUT2D eigenvalue weighted by atomic mass is 9.83. The van der Waals surface area contributed by atoms with Gasteiger partial charge in [-0.2, -0.15) is 0 Å². The molecule has 2 rings (SSSR count). The van der Waals surface area contributed by atoms with Crippen molar-refractivity contribution in [2.24, 2.45) is 0 Å². The van der Waals surface area contributed by atoms with E-state index in [1.807, 2.05) is 24.3 Å². The number of halogens is 1. The van der Waals surface area contributed by atoms with Gasteiger partial charge in [-0.3, -0.25) is 4.79 Å². The lowest BCUT2D eigenvalue weighted by molar-refractivity contribution is -0.123. The molecule has 1 fully saturated rings. The van der Waals surface area contributed by atoms with E-state index < -0.39 is 0 Å². The van der Waals surface area contributed by atoms with Gasteiger partial charge in [-0.25, -0.2) is 0 Å². The number of nitrogens with one attached hydrogen (secondary N) is 1. The van der Waals surface area contributed by atoms with Gasteiger partial charge in [-0.15, -0.1) is 0 Å². The molecule has 19 heavy (non-hydrogen) atoms. The molecule has 0 saturated heterocycles. The predicted octanol–water partition coefficient (Wildman–Crippen LogP) is 4.11. The van der Waals surface area contributed by atoms with Gasteiger partial charge in [-0.05, 0) is 43.9 Å². The third kappa shape index (κ3) is 4.54. The van der Waals surface area contributed by atoms with E-state index in [1.54, 1.807) is 0 Å². The van der Waals surface area contributed by atoms with Crippen LogP contribution in [0, 0.1) is 0 Å². The fraction of sp³-hybridized carbons (Fsp3) is 0.562. The number of benzene rings is 1. The molecule has 3 heteroatoms. The zero-order valence-corrected chi connectivity index (χ0v) is 12.3. The zero-order valence-electron chi connectivity index (χ0n) is 11.5. The van der Waals surface area contributed by atoms with Gasteiger partial charge in [0.15, 0.2) is 0 Å². The summed E-state index contributed by atoms with van der Waals surface area (Å²) in [7, 11) is 0. The minimum Gasteiger partial charge on any atom is -0.351 e. The Kier molecular flexibility index (Phi) is 4.87. The largest absolute Gasteiger partial charge is 0.351 e. The molecule has 0 aromatic heterocycles. The molecule has 0 bridgehead atoms. The standard InChI is InChI=1S/C16H22ClNO/c1-16(11-3-2-4-12-16)18-15(19)10-7-13-5-8-14(17)9-6-13/h5-6,8-9H,2-4,7,10-12H2,1H3,(H,18,19). The summed E-state index contributed by atoms with van der Waals surface area (Å²) in [4.78, 5) is 12.0. The van der Waals surface area contributed by atoms with Crippen LogP contribution in [0.4, 0.5) is 0 Å². The van der Waals surface area contributed by atoms with Gasteiger partial charge in [0.2, 0.25) is 5.91 Å².